The molecule has 0 fully saturated rings. The summed E-state index contributed by atoms with van der Waals surface area (Å²) in [5.74, 6) is 0.0915. The van der Waals surface area contributed by atoms with Crippen LogP contribution in [0.3, 0.4) is 0 Å². The molecule has 6 heteroatoms. The molecule has 3 aromatic carbocycles. The number of anilines is 2. The first-order valence-electron chi connectivity index (χ1n) is 9.76. The first-order chi connectivity index (χ1) is 14.5. The summed E-state index contributed by atoms with van der Waals surface area (Å²) in [6.45, 7) is 2.71. The van der Waals surface area contributed by atoms with E-state index in [1.165, 1.54) is 0 Å². The third-order valence-electron chi connectivity index (χ3n) is 4.33. The summed E-state index contributed by atoms with van der Waals surface area (Å²) in [5.41, 5.74) is 2.03. The van der Waals surface area contributed by atoms with Gasteiger partial charge in [-0.25, -0.2) is 0 Å². The van der Waals surface area contributed by atoms with E-state index in [-0.39, 0.29) is 11.8 Å². The van der Waals surface area contributed by atoms with Crippen molar-refractivity contribution in [3.8, 4) is 5.75 Å². The molecule has 0 aromatic heterocycles. The fourth-order valence-electron chi connectivity index (χ4n) is 2.77. The predicted octanol–water partition coefficient (Wildman–Crippen LogP) is 6.02. The van der Waals surface area contributed by atoms with Crippen molar-refractivity contribution in [2.75, 3.05) is 17.2 Å². The maximum Gasteiger partial charge on any atom is 0.255 e. The number of hydrogen-bond donors (Lipinski definition) is 2. The van der Waals surface area contributed by atoms with E-state index in [0.717, 1.165) is 12.8 Å². The van der Waals surface area contributed by atoms with Gasteiger partial charge in [-0.3, -0.25) is 9.59 Å². The number of carbonyl (C=O) groups is 2. The molecule has 3 rings (SSSR count). The van der Waals surface area contributed by atoms with Crippen LogP contribution in [-0.4, -0.2) is 18.4 Å². The molecular weight excluding hydrogens is 400 g/mol. The van der Waals surface area contributed by atoms with Gasteiger partial charge in [0, 0.05) is 27.5 Å². The Hall–Kier alpha value is -3.31. The molecule has 0 atom stereocenters. The first-order valence-corrected chi connectivity index (χ1v) is 10.1. The van der Waals surface area contributed by atoms with Gasteiger partial charge in [0.2, 0.25) is 0 Å². The van der Waals surface area contributed by atoms with Crippen molar-refractivity contribution in [2.45, 2.75) is 19.8 Å². The lowest BCUT2D eigenvalue weighted by Gasteiger charge is -2.10. The highest BCUT2D eigenvalue weighted by molar-refractivity contribution is 6.31. The van der Waals surface area contributed by atoms with Crippen LogP contribution in [0.25, 0.3) is 0 Å². The van der Waals surface area contributed by atoms with Gasteiger partial charge >= 0.3 is 0 Å². The van der Waals surface area contributed by atoms with Crippen molar-refractivity contribution < 1.29 is 14.3 Å². The van der Waals surface area contributed by atoms with Gasteiger partial charge in [-0.1, -0.05) is 43.1 Å². The zero-order valence-corrected chi connectivity index (χ0v) is 17.4. The zero-order chi connectivity index (χ0) is 21.3. The molecule has 0 unspecified atom stereocenters. The lowest BCUT2D eigenvalue weighted by molar-refractivity contribution is 0.101. The summed E-state index contributed by atoms with van der Waals surface area (Å²) < 4.78 is 5.66. The lowest BCUT2D eigenvalue weighted by atomic mass is 10.1. The maximum absolute atomic E-state index is 12.6. The second-order valence-electron chi connectivity index (χ2n) is 6.73. The molecule has 0 aliphatic carbocycles. The highest BCUT2D eigenvalue weighted by Gasteiger charge is 2.11. The normalized spacial score (nSPS) is 10.3. The van der Waals surface area contributed by atoms with Crippen molar-refractivity contribution in [1.82, 2.24) is 0 Å². The number of nitrogens with one attached hydrogen (secondary N) is 2. The van der Waals surface area contributed by atoms with Gasteiger partial charge in [0.1, 0.15) is 5.75 Å². The van der Waals surface area contributed by atoms with Gasteiger partial charge in [-0.05, 0) is 61.0 Å². The molecule has 2 N–H and O–H groups in total. The Morgan fingerprint density at radius 2 is 1.43 bits per heavy atom. The SMILES string of the molecule is CCCCOc1cccc(C(=O)Nc2cccc(C(=O)Nc3cccc(Cl)c3)c2)c1. The molecule has 154 valence electrons. The fraction of sp³-hybridized carbons (Fsp3) is 0.167. The van der Waals surface area contributed by atoms with Crippen molar-refractivity contribution in [3.63, 3.8) is 0 Å². The van der Waals surface area contributed by atoms with Gasteiger partial charge in [0.25, 0.3) is 11.8 Å². The van der Waals surface area contributed by atoms with Crippen LogP contribution in [0.4, 0.5) is 11.4 Å². The van der Waals surface area contributed by atoms with Crippen LogP contribution in [0.2, 0.25) is 5.02 Å². The van der Waals surface area contributed by atoms with Gasteiger partial charge in [0.05, 0.1) is 6.61 Å². The van der Waals surface area contributed by atoms with E-state index in [0.29, 0.717) is 39.9 Å². The zero-order valence-electron chi connectivity index (χ0n) is 16.7. The molecule has 0 radical (unpaired) electrons. The molecule has 2 amide bonds. The van der Waals surface area contributed by atoms with Crippen LogP contribution < -0.4 is 15.4 Å². The number of unbranched alkanes of at least 4 members (excludes halogenated alkanes) is 1. The average Bonchev–Trinajstić information content (AvgIpc) is 2.74. The largest absolute Gasteiger partial charge is 0.494 e. The molecule has 0 saturated carbocycles. The van der Waals surface area contributed by atoms with E-state index in [4.69, 9.17) is 16.3 Å². The Bertz CT molecular complexity index is 1040. The second kappa shape index (κ2) is 10.5. The third kappa shape index (κ3) is 6.09. The summed E-state index contributed by atoms with van der Waals surface area (Å²) in [6, 6.07) is 20.7. The predicted molar refractivity (Wildman–Crippen MR) is 121 cm³/mol. The Kier molecular flexibility index (Phi) is 7.46. The second-order valence-corrected chi connectivity index (χ2v) is 7.17. The number of rotatable bonds is 8. The van der Waals surface area contributed by atoms with Crippen molar-refractivity contribution in [2.24, 2.45) is 0 Å². The highest BCUT2D eigenvalue weighted by atomic mass is 35.5. The van der Waals surface area contributed by atoms with Crippen LogP contribution in [0.15, 0.2) is 72.8 Å². The quantitative estimate of drug-likeness (QED) is 0.436. The number of amides is 2. The molecular formula is C24H23ClN2O3. The minimum Gasteiger partial charge on any atom is -0.494 e. The summed E-state index contributed by atoms with van der Waals surface area (Å²) in [5, 5.41) is 6.15. The maximum atomic E-state index is 12.6. The van der Waals surface area contributed by atoms with Crippen molar-refractivity contribution in [1.29, 1.82) is 0 Å². The molecule has 30 heavy (non-hydrogen) atoms. The molecule has 5 nitrogen and oxygen atoms in total. The number of ether oxygens (including phenoxy) is 1. The summed E-state index contributed by atoms with van der Waals surface area (Å²) in [6.07, 6.45) is 2.00. The van der Waals surface area contributed by atoms with E-state index >= 15 is 0 Å². The van der Waals surface area contributed by atoms with Crippen LogP contribution in [-0.2, 0) is 0 Å². The molecule has 0 bridgehead atoms. The van der Waals surface area contributed by atoms with Crippen LogP contribution >= 0.6 is 11.6 Å². The van der Waals surface area contributed by atoms with Gasteiger partial charge < -0.3 is 15.4 Å². The minimum absolute atomic E-state index is 0.275. The third-order valence-corrected chi connectivity index (χ3v) is 4.56. The Balaban J connectivity index is 1.66. The monoisotopic (exact) mass is 422 g/mol. The Labute approximate surface area is 181 Å². The Morgan fingerprint density at radius 1 is 0.833 bits per heavy atom. The summed E-state index contributed by atoms with van der Waals surface area (Å²) in [7, 11) is 0. The highest BCUT2D eigenvalue weighted by Crippen LogP contribution is 2.19. The molecule has 0 aliphatic heterocycles. The van der Waals surface area contributed by atoms with E-state index < -0.39 is 0 Å². The summed E-state index contributed by atoms with van der Waals surface area (Å²) in [4.78, 5) is 25.1. The van der Waals surface area contributed by atoms with Gasteiger partial charge in [0.15, 0.2) is 0 Å². The first kappa shape index (κ1) is 21.4. The van der Waals surface area contributed by atoms with E-state index in [2.05, 4.69) is 17.6 Å². The number of halogens is 1. The molecule has 3 aromatic rings. The fourth-order valence-corrected chi connectivity index (χ4v) is 2.96. The smallest absolute Gasteiger partial charge is 0.255 e. The topological polar surface area (TPSA) is 67.4 Å². The van der Waals surface area contributed by atoms with Crippen LogP contribution in [0, 0.1) is 0 Å². The molecule has 0 spiro atoms. The molecule has 0 saturated heterocycles. The number of hydrogen-bond acceptors (Lipinski definition) is 3. The average molecular weight is 423 g/mol. The van der Waals surface area contributed by atoms with E-state index in [1.807, 2.05) is 6.07 Å². The van der Waals surface area contributed by atoms with Crippen LogP contribution in [0.5, 0.6) is 5.75 Å². The molecule has 0 aliphatic rings. The van der Waals surface area contributed by atoms with E-state index in [9.17, 15) is 9.59 Å². The molecule has 0 heterocycles. The summed E-state index contributed by atoms with van der Waals surface area (Å²) >= 11 is 5.95. The number of carbonyl (C=O) groups excluding carboxylic acids is 2. The van der Waals surface area contributed by atoms with Gasteiger partial charge in [-0.2, -0.15) is 0 Å². The van der Waals surface area contributed by atoms with E-state index in [1.54, 1.807) is 66.7 Å². The minimum atomic E-state index is -0.292. The standard InChI is InChI=1S/C24H23ClN2O3/c1-2-3-13-30-22-12-5-8-18(15-22)24(29)26-20-10-4-7-17(14-20)23(28)27-21-11-6-9-19(25)16-21/h4-12,14-16H,2-3,13H2,1H3,(H,26,29)(H,27,28). The number of benzene rings is 3. The van der Waals surface area contributed by atoms with Crippen LogP contribution in [0.1, 0.15) is 40.5 Å². The van der Waals surface area contributed by atoms with Crippen molar-refractivity contribution in [3.05, 3.63) is 88.9 Å². The van der Waals surface area contributed by atoms with Crippen molar-refractivity contribution >= 4 is 34.8 Å². The van der Waals surface area contributed by atoms with Gasteiger partial charge in [-0.15, -0.1) is 0 Å². The lowest BCUT2D eigenvalue weighted by Crippen LogP contribution is -2.14. The Morgan fingerprint density at radius 3 is 2.10 bits per heavy atom.